The maximum Gasteiger partial charge on any atom is 0.220 e. The lowest BCUT2D eigenvalue weighted by Gasteiger charge is -2.48. The Morgan fingerprint density at radius 2 is 0.587 bits per heavy atom. The molecule has 0 radical (unpaired) electrons. The number of amides is 1. The largest absolute Gasteiger partial charge is 0.394 e. The topological polar surface area (TPSA) is 307 Å². The number of aliphatic hydroxyl groups is 11. The van der Waals surface area contributed by atoms with E-state index in [9.17, 15) is 61.0 Å². The highest BCUT2D eigenvalue weighted by molar-refractivity contribution is 5.76. The van der Waals surface area contributed by atoms with Gasteiger partial charge in [0.2, 0.25) is 5.91 Å². The number of unbranched alkanes of at least 4 members (excludes halogenated alkanes) is 55. The lowest BCUT2D eigenvalue weighted by molar-refractivity contribution is -0.379. The predicted octanol–water partition coefficient (Wildman–Crippen LogP) is 17.4. The Morgan fingerprint density at radius 3 is 0.917 bits per heavy atom. The minimum atomic E-state index is -1.98. The number of carbonyl (C=O) groups is 1. The smallest absolute Gasteiger partial charge is 0.220 e. The Labute approximate surface area is 663 Å². The van der Waals surface area contributed by atoms with Crippen LogP contribution in [-0.2, 0) is 33.2 Å². The molecule has 0 aromatic rings. The monoisotopic (exact) mass is 1550 g/mol. The molecule has 0 saturated carbocycles. The molecule has 3 saturated heterocycles. The van der Waals surface area contributed by atoms with Crippen LogP contribution in [0.3, 0.4) is 0 Å². The van der Waals surface area contributed by atoms with Crippen LogP contribution in [0, 0.1) is 0 Å². The van der Waals surface area contributed by atoms with E-state index in [1.165, 1.54) is 321 Å². The van der Waals surface area contributed by atoms with Crippen molar-refractivity contribution >= 4 is 5.91 Å². The van der Waals surface area contributed by atoms with Crippen LogP contribution < -0.4 is 5.32 Å². The van der Waals surface area contributed by atoms with Gasteiger partial charge in [0.25, 0.3) is 0 Å². The SMILES string of the molecule is CCCCCCCCCCCCCCCCCCCC/C=C/CC/C=C/CC/C=C/C(O)C(COC1OC(CO)C(OC2OC(CO)C(OC3OC(CO)C(O)C(O)C3O)C(O)C2O)C(O)C1O)NC(=O)CCCCCCCCCCCCCCCCCCCCCCCCCCCCCCCCCCCCCC. The van der Waals surface area contributed by atoms with Crippen molar-refractivity contribution in [3.8, 4) is 0 Å². The highest BCUT2D eigenvalue weighted by Gasteiger charge is 2.54. The van der Waals surface area contributed by atoms with Crippen molar-refractivity contribution in [3.05, 3.63) is 36.5 Å². The van der Waals surface area contributed by atoms with Crippen molar-refractivity contribution in [1.29, 1.82) is 0 Å². The van der Waals surface area contributed by atoms with Gasteiger partial charge in [-0.25, -0.2) is 0 Å². The molecule has 3 aliphatic heterocycles. The van der Waals surface area contributed by atoms with E-state index in [1.807, 2.05) is 6.08 Å². The van der Waals surface area contributed by atoms with Gasteiger partial charge in [-0.1, -0.05) is 384 Å². The molecule has 1 amide bonds. The molecule has 12 N–H and O–H groups in total. The van der Waals surface area contributed by atoms with Gasteiger partial charge in [-0.05, 0) is 44.9 Å². The van der Waals surface area contributed by atoms with Gasteiger partial charge in [-0.3, -0.25) is 4.79 Å². The highest BCUT2D eigenvalue weighted by Crippen LogP contribution is 2.34. The number of rotatable bonds is 75. The third kappa shape index (κ3) is 49.0. The number of hydrogen-bond acceptors (Lipinski definition) is 18. The van der Waals surface area contributed by atoms with Gasteiger partial charge in [0.1, 0.15) is 73.2 Å². The zero-order valence-corrected chi connectivity index (χ0v) is 69.3. The normalized spacial score (nSPS) is 25.4. The first-order chi connectivity index (χ1) is 53.3. The van der Waals surface area contributed by atoms with E-state index < -0.39 is 124 Å². The van der Waals surface area contributed by atoms with Gasteiger partial charge in [0.15, 0.2) is 18.9 Å². The van der Waals surface area contributed by atoms with Gasteiger partial charge in [-0.2, -0.15) is 0 Å². The highest BCUT2D eigenvalue weighted by atomic mass is 16.8. The summed E-state index contributed by atoms with van der Waals surface area (Å²) in [5.41, 5.74) is 0. The fourth-order valence-electron chi connectivity index (χ4n) is 15.6. The summed E-state index contributed by atoms with van der Waals surface area (Å²) in [5.74, 6) is -0.281. The predicted molar refractivity (Wildman–Crippen MR) is 439 cm³/mol. The summed E-state index contributed by atoms with van der Waals surface area (Å²) in [6.45, 7) is 1.78. The van der Waals surface area contributed by atoms with Crippen LogP contribution in [0.1, 0.15) is 399 Å². The molecule has 0 aromatic carbocycles. The lowest BCUT2D eigenvalue weighted by Crippen LogP contribution is -2.66. The number of carbonyl (C=O) groups excluding carboxylic acids is 1. The summed E-state index contributed by atoms with van der Waals surface area (Å²) in [6, 6.07) is -0.997. The summed E-state index contributed by atoms with van der Waals surface area (Å²) in [7, 11) is 0. The number of allylic oxidation sites excluding steroid dienone is 5. The van der Waals surface area contributed by atoms with E-state index >= 15 is 0 Å². The molecule has 0 aliphatic carbocycles. The van der Waals surface area contributed by atoms with Crippen molar-refractivity contribution in [1.82, 2.24) is 5.32 Å². The second kappa shape index (κ2) is 70.2. The van der Waals surface area contributed by atoms with E-state index in [0.717, 1.165) is 44.9 Å². The van der Waals surface area contributed by atoms with Crippen LogP contribution in [0.2, 0.25) is 0 Å². The van der Waals surface area contributed by atoms with E-state index in [1.54, 1.807) is 6.08 Å². The van der Waals surface area contributed by atoms with Crippen LogP contribution in [-0.4, -0.2) is 193 Å². The second-order valence-electron chi connectivity index (χ2n) is 32.8. The van der Waals surface area contributed by atoms with Gasteiger partial charge < -0.3 is 89.9 Å². The molecular weight excluding hydrogens is 1380 g/mol. The Bertz CT molecular complexity index is 2100. The zero-order chi connectivity index (χ0) is 78.8. The van der Waals surface area contributed by atoms with Crippen LogP contribution in [0.4, 0.5) is 0 Å². The summed E-state index contributed by atoms with van der Waals surface area (Å²) >= 11 is 0. The van der Waals surface area contributed by atoms with Gasteiger partial charge in [-0.15, -0.1) is 0 Å². The average Bonchev–Trinajstić information content (AvgIpc) is 0.784. The molecule has 3 rings (SSSR count). The Kier molecular flexibility index (Phi) is 65.2. The van der Waals surface area contributed by atoms with Crippen molar-refractivity contribution in [2.45, 2.75) is 503 Å². The van der Waals surface area contributed by atoms with Gasteiger partial charge >= 0.3 is 0 Å². The molecule has 3 aliphatic rings. The quantitative estimate of drug-likeness (QED) is 0.0199. The Morgan fingerprint density at radius 1 is 0.321 bits per heavy atom. The van der Waals surface area contributed by atoms with Crippen molar-refractivity contribution in [2.24, 2.45) is 0 Å². The minimum Gasteiger partial charge on any atom is -0.394 e. The maximum absolute atomic E-state index is 13.5. The van der Waals surface area contributed by atoms with E-state index in [4.69, 9.17) is 28.4 Å². The molecule has 0 bridgehead atoms. The first-order valence-electron chi connectivity index (χ1n) is 45.7. The van der Waals surface area contributed by atoms with Crippen molar-refractivity contribution in [3.63, 3.8) is 0 Å². The van der Waals surface area contributed by atoms with E-state index in [2.05, 4.69) is 43.5 Å². The van der Waals surface area contributed by atoms with Gasteiger partial charge in [0, 0.05) is 6.42 Å². The Hall–Kier alpha value is -1.99. The molecule has 19 nitrogen and oxygen atoms in total. The fourth-order valence-corrected chi connectivity index (χ4v) is 15.6. The minimum absolute atomic E-state index is 0.237. The number of ether oxygens (including phenoxy) is 6. The molecule has 17 unspecified atom stereocenters. The third-order valence-corrected chi connectivity index (χ3v) is 22.9. The molecule has 3 heterocycles. The second-order valence-corrected chi connectivity index (χ2v) is 32.8. The third-order valence-electron chi connectivity index (χ3n) is 22.9. The number of aliphatic hydroxyl groups excluding tert-OH is 11. The van der Waals surface area contributed by atoms with Crippen LogP contribution in [0.15, 0.2) is 36.5 Å². The summed E-state index contributed by atoms with van der Waals surface area (Å²) in [4.78, 5) is 13.5. The molecule has 0 aromatic heterocycles. The first kappa shape index (κ1) is 101. The maximum atomic E-state index is 13.5. The molecule has 642 valence electrons. The summed E-state index contributed by atoms with van der Waals surface area (Å²) < 4.78 is 34.5. The van der Waals surface area contributed by atoms with Crippen molar-refractivity contribution < 1.29 is 89.4 Å². The molecule has 109 heavy (non-hydrogen) atoms. The van der Waals surface area contributed by atoms with Crippen LogP contribution >= 0.6 is 0 Å². The number of nitrogens with one attached hydrogen (secondary N) is 1. The van der Waals surface area contributed by atoms with Crippen LogP contribution in [0.5, 0.6) is 0 Å². The van der Waals surface area contributed by atoms with E-state index in [0.29, 0.717) is 12.8 Å². The molecular formula is C90H169NO18. The van der Waals surface area contributed by atoms with Crippen LogP contribution in [0.25, 0.3) is 0 Å². The molecule has 0 spiro atoms. The molecule has 17 atom stereocenters. The lowest BCUT2D eigenvalue weighted by atomic mass is 9.96. The van der Waals surface area contributed by atoms with Gasteiger partial charge in [0.05, 0.1) is 38.6 Å². The Balaban J connectivity index is 1.33. The average molecular weight is 1550 g/mol. The summed E-state index contributed by atoms with van der Waals surface area (Å²) in [5, 5.41) is 121. The molecule has 19 heteroatoms. The van der Waals surface area contributed by atoms with E-state index in [-0.39, 0.29) is 18.9 Å². The zero-order valence-electron chi connectivity index (χ0n) is 69.3. The summed E-state index contributed by atoms with van der Waals surface area (Å²) in [6.07, 6.45) is 63.2. The fraction of sp³-hybridized carbons (Fsp3) is 0.922. The number of hydrogen-bond donors (Lipinski definition) is 12. The standard InChI is InChI=1S/C90H169NO18/c1-3-5-7-9-11-13-15-17-19-21-23-25-27-29-31-33-34-35-36-37-38-39-40-42-44-46-48-50-52-54-56-58-60-62-64-66-68-78(96)91-73(74(95)67-65-63-61-59-57-55-53-51-49-47-45-43-41-32-30-28-26-24-22-20-18-16-14-12-10-8-6-4-2)72-104-88-84(102)81(99)86(76(70-93)106-88)109-90-85(103)82(100)87(77(71-94)107-90)108-89-83(101)80(98)79(97)75(69-92)105-89/h49,51,57,59,65,67,73-77,79-90,92-95,97-103H,3-48,50,52-56,58,60-64,66,68-72H2,1-2H3,(H,91,96)/b51-49+,59-57+,67-65+. The first-order valence-corrected chi connectivity index (χ1v) is 45.7. The van der Waals surface area contributed by atoms with Crippen molar-refractivity contribution in [2.75, 3.05) is 26.4 Å². The molecule has 3 fully saturated rings.